The van der Waals surface area contributed by atoms with Crippen LogP contribution in [0.3, 0.4) is 0 Å². The van der Waals surface area contributed by atoms with E-state index >= 15 is 0 Å². The Balaban J connectivity index is 1.77. The predicted octanol–water partition coefficient (Wildman–Crippen LogP) is 3.97. The summed E-state index contributed by atoms with van der Waals surface area (Å²) in [5, 5.41) is 14.8. The summed E-state index contributed by atoms with van der Waals surface area (Å²) in [6, 6.07) is 16.8. The van der Waals surface area contributed by atoms with Gasteiger partial charge in [0.15, 0.2) is 11.0 Å². The number of amides is 3. The molecule has 1 aromatic heterocycles. The van der Waals surface area contributed by atoms with Crippen molar-refractivity contribution >= 4 is 35.3 Å². The molecule has 30 heavy (non-hydrogen) atoms. The number of rotatable bonds is 8. The van der Waals surface area contributed by atoms with E-state index in [-0.39, 0.29) is 5.75 Å². The summed E-state index contributed by atoms with van der Waals surface area (Å²) in [7, 11) is 0. The predicted molar refractivity (Wildman–Crippen MR) is 119 cm³/mol. The summed E-state index contributed by atoms with van der Waals surface area (Å²) in [4.78, 5) is 23.8. The molecule has 0 saturated heterocycles. The maximum absolute atomic E-state index is 12.1. The van der Waals surface area contributed by atoms with Gasteiger partial charge in [0.1, 0.15) is 0 Å². The molecule has 0 aliphatic heterocycles. The molecular formula is C21H22ClN5O2S. The third kappa shape index (κ3) is 6.08. The van der Waals surface area contributed by atoms with Crippen LogP contribution in [0.2, 0.25) is 5.02 Å². The van der Waals surface area contributed by atoms with E-state index in [9.17, 15) is 9.59 Å². The van der Waals surface area contributed by atoms with Crippen molar-refractivity contribution in [1.82, 2.24) is 25.4 Å². The van der Waals surface area contributed by atoms with Gasteiger partial charge in [-0.1, -0.05) is 60.6 Å². The van der Waals surface area contributed by atoms with Gasteiger partial charge in [0.05, 0.1) is 12.3 Å². The van der Waals surface area contributed by atoms with Crippen LogP contribution < -0.4 is 10.6 Å². The highest BCUT2D eigenvalue weighted by Crippen LogP contribution is 2.26. The normalized spacial score (nSPS) is 10.6. The molecule has 0 spiro atoms. The van der Waals surface area contributed by atoms with E-state index in [0.717, 1.165) is 17.5 Å². The number of imide groups is 1. The monoisotopic (exact) mass is 443 g/mol. The van der Waals surface area contributed by atoms with Gasteiger partial charge in [-0.05, 0) is 36.2 Å². The Morgan fingerprint density at radius 1 is 1.07 bits per heavy atom. The molecule has 156 valence electrons. The highest BCUT2D eigenvalue weighted by Gasteiger charge is 2.17. The van der Waals surface area contributed by atoms with Gasteiger partial charge in [0, 0.05) is 17.1 Å². The number of carbonyl (C=O) groups excluding carboxylic acids is 2. The lowest BCUT2D eigenvalue weighted by Gasteiger charge is -2.11. The van der Waals surface area contributed by atoms with Crippen LogP contribution in [0.1, 0.15) is 18.9 Å². The lowest BCUT2D eigenvalue weighted by atomic mass is 10.2. The first-order valence-electron chi connectivity index (χ1n) is 9.50. The molecule has 0 unspecified atom stereocenters. The standard InChI is InChI=1S/C21H22ClN5O2S/c1-2-12-23-20(29)24-18(28)14-30-21-26-25-19(16-8-10-17(22)11-9-16)27(21)13-15-6-4-3-5-7-15/h3-11H,2,12-14H2,1H3,(H2,23,24,28,29). The zero-order chi connectivity index (χ0) is 21.3. The Hall–Kier alpha value is -2.84. The number of nitrogens with one attached hydrogen (secondary N) is 2. The highest BCUT2D eigenvalue weighted by atomic mass is 35.5. The van der Waals surface area contributed by atoms with Crippen molar-refractivity contribution < 1.29 is 9.59 Å². The summed E-state index contributed by atoms with van der Waals surface area (Å²) in [6.45, 7) is 3.00. The molecule has 0 atom stereocenters. The third-order valence-corrected chi connectivity index (χ3v) is 5.34. The van der Waals surface area contributed by atoms with Crippen LogP contribution >= 0.6 is 23.4 Å². The largest absolute Gasteiger partial charge is 0.338 e. The summed E-state index contributed by atoms with van der Waals surface area (Å²) in [6.07, 6.45) is 0.798. The molecule has 0 radical (unpaired) electrons. The van der Waals surface area contributed by atoms with Gasteiger partial charge < -0.3 is 5.32 Å². The molecule has 0 bridgehead atoms. The van der Waals surface area contributed by atoms with Crippen LogP contribution in [0.4, 0.5) is 4.79 Å². The van der Waals surface area contributed by atoms with Gasteiger partial charge in [-0.3, -0.25) is 14.7 Å². The molecule has 7 nitrogen and oxygen atoms in total. The summed E-state index contributed by atoms with van der Waals surface area (Å²) < 4.78 is 1.95. The van der Waals surface area contributed by atoms with E-state index < -0.39 is 11.9 Å². The molecular weight excluding hydrogens is 422 g/mol. The molecule has 0 aliphatic carbocycles. The Labute approximate surface area is 184 Å². The number of benzene rings is 2. The summed E-state index contributed by atoms with van der Waals surface area (Å²) >= 11 is 7.24. The summed E-state index contributed by atoms with van der Waals surface area (Å²) in [5.41, 5.74) is 1.95. The fraction of sp³-hybridized carbons (Fsp3) is 0.238. The van der Waals surface area contributed by atoms with E-state index in [1.54, 1.807) is 12.1 Å². The minimum Gasteiger partial charge on any atom is -0.338 e. The van der Waals surface area contributed by atoms with E-state index in [1.165, 1.54) is 11.8 Å². The minimum absolute atomic E-state index is 0.0487. The molecule has 2 aromatic carbocycles. The zero-order valence-corrected chi connectivity index (χ0v) is 18.0. The van der Waals surface area contributed by atoms with E-state index in [0.29, 0.717) is 29.1 Å². The maximum atomic E-state index is 12.1. The van der Waals surface area contributed by atoms with Gasteiger partial charge in [-0.25, -0.2) is 4.79 Å². The minimum atomic E-state index is -0.491. The van der Waals surface area contributed by atoms with Crippen LogP contribution in [-0.4, -0.2) is 39.0 Å². The van der Waals surface area contributed by atoms with E-state index in [4.69, 9.17) is 11.6 Å². The molecule has 3 rings (SSSR count). The average Bonchev–Trinajstić information content (AvgIpc) is 3.14. The van der Waals surface area contributed by atoms with Crippen molar-refractivity contribution in [2.75, 3.05) is 12.3 Å². The second kappa shape index (κ2) is 10.8. The molecule has 2 N–H and O–H groups in total. The Bertz CT molecular complexity index is 992. The fourth-order valence-corrected chi connectivity index (χ4v) is 3.56. The first-order chi connectivity index (χ1) is 14.6. The molecule has 3 amide bonds. The first-order valence-corrected chi connectivity index (χ1v) is 10.9. The van der Waals surface area contributed by atoms with Crippen LogP contribution in [0.5, 0.6) is 0 Å². The Morgan fingerprint density at radius 3 is 2.50 bits per heavy atom. The number of hydrogen-bond donors (Lipinski definition) is 2. The quantitative estimate of drug-likeness (QED) is 0.514. The SMILES string of the molecule is CCCNC(=O)NC(=O)CSc1nnc(-c2ccc(Cl)cc2)n1Cc1ccccc1. The number of thioether (sulfide) groups is 1. The molecule has 0 fully saturated rings. The lowest BCUT2D eigenvalue weighted by molar-refractivity contribution is -0.117. The molecule has 1 heterocycles. The average molecular weight is 444 g/mol. The second-order valence-electron chi connectivity index (χ2n) is 6.48. The molecule has 0 aliphatic rings. The summed E-state index contributed by atoms with van der Waals surface area (Å²) in [5.74, 6) is 0.336. The van der Waals surface area contributed by atoms with E-state index in [1.807, 2.05) is 54.0 Å². The second-order valence-corrected chi connectivity index (χ2v) is 7.86. The fourth-order valence-electron chi connectivity index (χ4n) is 2.69. The smallest absolute Gasteiger partial charge is 0.321 e. The maximum Gasteiger partial charge on any atom is 0.321 e. The van der Waals surface area contributed by atoms with Gasteiger partial charge in [0.2, 0.25) is 5.91 Å². The number of carbonyl (C=O) groups is 2. The number of hydrogen-bond acceptors (Lipinski definition) is 5. The van der Waals surface area contributed by atoms with Crippen molar-refractivity contribution in [3.63, 3.8) is 0 Å². The van der Waals surface area contributed by atoms with Crippen LogP contribution in [0.25, 0.3) is 11.4 Å². The lowest BCUT2D eigenvalue weighted by Crippen LogP contribution is -2.40. The topological polar surface area (TPSA) is 88.9 Å². The Kier molecular flexibility index (Phi) is 7.87. The number of nitrogens with zero attached hydrogens (tertiary/aromatic N) is 3. The third-order valence-electron chi connectivity index (χ3n) is 4.12. The van der Waals surface area contributed by atoms with Crippen molar-refractivity contribution in [2.24, 2.45) is 0 Å². The van der Waals surface area contributed by atoms with Gasteiger partial charge in [0.25, 0.3) is 0 Å². The molecule has 0 saturated carbocycles. The zero-order valence-electron chi connectivity index (χ0n) is 16.5. The first kappa shape index (κ1) is 21.9. The van der Waals surface area contributed by atoms with Crippen molar-refractivity contribution in [3.8, 4) is 11.4 Å². The Morgan fingerprint density at radius 2 is 1.80 bits per heavy atom. The van der Waals surface area contributed by atoms with Crippen molar-refractivity contribution in [1.29, 1.82) is 0 Å². The van der Waals surface area contributed by atoms with Crippen molar-refractivity contribution in [2.45, 2.75) is 25.0 Å². The van der Waals surface area contributed by atoms with Crippen LogP contribution in [0.15, 0.2) is 59.8 Å². The van der Waals surface area contributed by atoms with Crippen LogP contribution in [0, 0.1) is 0 Å². The van der Waals surface area contributed by atoms with Gasteiger partial charge >= 0.3 is 6.03 Å². The van der Waals surface area contributed by atoms with Crippen molar-refractivity contribution in [3.05, 3.63) is 65.2 Å². The number of urea groups is 1. The molecule has 3 aromatic rings. The molecule has 9 heteroatoms. The van der Waals surface area contributed by atoms with Gasteiger partial charge in [-0.2, -0.15) is 0 Å². The van der Waals surface area contributed by atoms with E-state index in [2.05, 4.69) is 20.8 Å². The number of halogens is 1. The van der Waals surface area contributed by atoms with Crippen LogP contribution in [-0.2, 0) is 11.3 Å². The number of aromatic nitrogens is 3. The highest BCUT2D eigenvalue weighted by molar-refractivity contribution is 7.99. The van der Waals surface area contributed by atoms with Gasteiger partial charge in [-0.15, -0.1) is 10.2 Å².